The first kappa shape index (κ1) is 13.5. The number of carbonyl (C=O) groups excluding carboxylic acids is 1. The zero-order valence-electron chi connectivity index (χ0n) is 9.67. The molecule has 0 bridgehead atoms. The molecule has 1 aromatic carbocycles. The van der Waals surface area contributed by atoms with Gasteiger partial charge >= 0.3 is 16.1 Å². The fraction of sp³-hybridized carbons (Fsp3) is 0.364. The Labute approximate surface area is 100 Å². The normalized spacial score (nSPS) is 10.9. The smallest absolute Gasteiger partial charge is 0.306 e. The van der Waals surface area contributed by atoms with E-state index in [2.05, 4.69) is 0 Å². The third-order valence-corrected chi connectivity index (χ3v) is 2.33. The first-order chi connectivity index (χ1) is 7.90. The van der Waals surface area contributed by atoms with Gasteiger partial charge in [-0.15, -0.1) is 0 Å². The first-order valence-electron chi connectivity index (χ1n) is 5.04. The van der Waals surface area contributed by atoms with Crippen LogP contribution in [0.5, 0.6) is 5.75 Å². The molecule has 1 aromatic rings. The SMILES string of the molecule is CCC(=O)OCc1cccc(OS(C)(=O)=O)c1. The van der Waals surface area contributed by atoms with Gasteiger partial charge in [0.05, 0.1) is 6.26 Å². The van der Waals surface area contributed by atoms with Gasteiger partial charge in [0.25, 0.3) is 0 Å². The summed E-state index contributed by atoms with van der Waals surface area (Å²) in [7, 11) is -3.54. The highest BCUT2D eigenvalue weighted by molar-refractivity contribution is 7.86. The highest BCUT2D eigenvalue weighted by Gasteiger charge is 2.06. The van der Waals surface area contributed by atoms with E-state index in [0.29, 0.717) is 12.0 Å². The number of benzene rings is 1. The molecule has 0 spiro atoms. The molecule has 0 aliphatic heterocycles. The van der Waals surface area contributed by atoms with E-state index in [1.807, 2.05) is 0 Å². The Bertz CT molecular complexity index is 492. The van der Waals surface area contributed by atoms with Crippen molar-refractivity contribution in [3.8, 4) is 5.75 Å². The van der Waals surface area contributed by atoms with E-state index in [-0.39, 0.29) is 18.3 Å². The summed E-state index contributed by atoms with van der Waals surface area (Å²) in [6.07, 6.45) is 1.27. The summed E-state index contributed by atoms with van der Waals surface area (Å²) in [6.45, 7) is 1.80. The molecule has 0 N–H and O–H groups in total. The van der Waals surface area contributed by atoms with E-state index in [1.54, 1.807) is 19.1 Å². The molecule has 0 radical (unpaired) electrons. The lowest BCUT2D eigenvalue weighted by Crippen LogP contribution is -2.06. The van der Waals surface area contributed by atoms with Crippen molar-refractivity contribution in [2.24, 2.45) is 0 Å². The van der Waals surface area contributed by atoms with Crippen LogP contribution in [-0.4, -0.2) is 20.6 Å². The minimum Gasteiger partial charge on any atom is -0.461 e. The lowest BCUT2D eigenvalue weighted by atomic mass is 10.2. The molecule has 0 amide bonds. The fourth-order valence-corrected chi connectivity index (χ4v) is 1.58. The predicted molar refractivity (Wildman–Crippen MR) is 62.0 cm³/mol. The maximum Gasteiger partial charge on any atom is 0.306 e. The Morgan fingerprint density at radius 3 is 2.65 bits per heavy atom. The quantitative estimate of drug-likeness (QED) is 0.591. The lowest BCUT2D eigenvalue weighted by molar-refractivity contribution is -0.144. The molecular formula is C11H14O5S. The van der Waals surface area contributed by atoms with Gasteiger partial charge in [0.2, 0.25) is 0 Å². The Hall–Kier alpha value is -1.56. The lowest BCUT2D eigenvalue weighted by Gasteiger charge is -2.06. The van der Waals surface area contributed by atoms with E-state index in [0.717, 1.165) is 6.26 Å². The van der Waals surface area contributed by atoms with Gasteiger partial charge in [-0.05, 0) is 17.7 Å². The van der Waals surface area contributed by atoms with Crippen LogP contribution >= 0.6 is 0 Å². The molecule has 0 aliphatic carbocycles. The second-order valence-corrected chi connectivity index (χ2v) is 5.02. The van der Waals surface area contributed by atoms with Crippen LogP contribution in [0.3, 0.4) is 0 Å². The van der Waals surface area contributed by atoms with Gasteiger partial charge in [0, 0.05) is 6.42 Å². The molecule has 0 atom stereocenters. The molecule has 0 saturated heterocycles. The molecule has 5 nitrogen and oxygen atoms in total. The summed E-state index contributed by atoms with van der Waals surface area (Å²) in [5.74, 6) is -0.100. The van der Waals surface area contributed by atoms with Gasteiger partial charge in [-0.3, -0.25) is 4.79 Å². The molecule has 6 heteroatoms. The Morgan fingerprint density at radius 2 is 2.06 bits per heavy atom. The minimum absolute atomic E-state index is 0.105. The first-order valence-corrected chi connectivity index (χ1v) is 6.86. The van der Waals surface area contributed by atoms with Gasteiger partial charge in [-0.25, -0.2) is 0 Å². The molecule has 0 aliphatic rings. The third kappa shape index (κ3) is 5.35. The largest absolute Gasteiger partial charge is 0.461 e. The average Bonchev–Trinajstić information content (AvgIpc) is 2.24. The standard InChI is InChI=1S/C11H14O5S/c1-3-11(12)15-8-9-5-4-6-10(7-9)16-17(2,13)14/h4-7H,3,8H2,1-2H3. The van der Waals surface area contributed by atoms with Crippen molar-refractivity contribution in [3.63, 3.8) is 0 Å². The number of ether oxygens (including phenoxy) is 1. The number of rotatable bonds is 5. The number of hydrogen-bond donors (Lipinski definition) is 0. The summed E-state index contributed by atoms with van der Waals surface area (Å²) < 4.78 is 31.5. The van der Waals surface area contributed by atoms with Gasteiger partial charge in [-0.2, -0.15) is 8.42 Å². The molecule has 0 unspecified atom stereocenters. The van der Waals surface area contributed by atoms with Crippen molar-refractivity contribution in [2.75, 3.05) is 6.26 Å². The molecule has 0 saturated carbocycles. The molecule has 0 fully saturated rings. The fourth-order valence-electron chi connectivity index (χ4n) is 1.13. The highest BCUT2D eigenvalue weighted by atomic mass is 32.2. The van der Waals surface area contributed by atoms with Crippen LogP contribution in [0.1, 0.15) is 18.9 Å². The van der Waals surface area contributed by atoms with Gasteiger partial charge in [0.15, 0.2) is 0 Å². The second-order valence-electron chi connectivity index (χ2n) is 3.45. The summed E-state index contributed by atoms with van der Waals surface area (Å²) in [4.78, 5) is 10.9. The molecular weight excluding hydrogens is 244 g/mol. The Morgan fingerprint density at radius 1 is 1.35 bits per heavy atom. The zero-order valence-corrected chi connectivity index (χ0v) is 10.5. The third-order valence-electron chi connectivity index (χ3n) is 1.83. The monoisotopic (exact) mass is 258 g/mol. The summed E-state index contributed by atoms with van der Waals surface area (Å²) in [6, 6.07) is 6.39. The van der Waals surface area contributed by atoms with Crippen molar-refractivity contribution in [1.82, 2.24) is 0 Å². The van der Waals surface area contributed by atoms with Crippen LogP contribution < -0.4 is 4.18 Å². The maximum atomic E-state index is 10.9. The van der Waals surface area contributed by atoms with Crippen LogP contribution in [0.4, 0.5) is 0 Å². The topological polar surface area (TPSA) is 69.7 Å². The molecule has 17 heavy (non-hydrogen) atoms. The van der Waals surface area contributed by atoms with Gasteiger partial charge in [0.1, 0.15) is 12.4 Å². The Kier molecular flexibility index (Phi) is 4.51. The predicted octanol–water partition coefficient (Wildman–Crippen LogP) is 1.48. The molecule has 94 valence electrons. The van der Waals surface area contributed by atoms with Gasteiger partial charge < -0.3 is 8.92 Å². The summed E-state index contributed by atoms with van der Waals surface area (Å²) in [5.41, 5.74) is 0.674. The molecule has 1 rings (SSSR count). The van der Waals surface area contributed by atoms with E-state index < -0.39 is 10.1 Å². The van der Waals surface area contributed by atoms with Gasteiger partial charge in [-0.1, -0.05) is 19.1 Å². The minimum atomic E-state index is -3.54. The summed E-state index contributed by atoms with van der Waals surface area (Å²) >= 11 is 0. The maximum absolute atomic E-state index is 10.9. The molecule has 0 aromatic heterocycles. The Balaban J connectivity index is 2.69. The van der Waals surface area contributed by atoms with Crippen LogP contribution in [0.2, 0.25) is 0 Å². The van der Waals surface area contributed by atoms with E-state index >= 15 is 0 Å². The van der Waals surface area contributed by atoms with Crippen LogP contribution in [-0.2, 0) is 26.3 Å². The van der Waals surface area contributed by atoms with Crippen molar-refractivity contribution in [1.29, 1.82) is 0 Å². The number of carbonyl (C=O) groups is 1. The van der Waals surface area contributed by atoms with Crippen LogP contribution in [0.15, 0.2) is 24.3 Å². The van der Waals surface area contributed by atoms with Crippen molar-refractivity contribution in [2.45, 2.75) is 20.0 Å². The number of esters is 1. The van der Waals surface area contributed by atoms with Crippen LogP contribution in [0.25, 0.3) is 0 Å². The van der Waals surface area contributed by atoms with Crippen LogP contribution in [0, 0.1) is 0 Å². The van der Waals surface area contributed by atoms with Crippen molar-refractivity contribution < 1.29 is 22.1 Å². The molecule has 0 heterocycles. The number of hydrogen-bond acceptors (Lipinski definition) is 5. The zero-order chi connectivity index (χ0) is 12.9. The van der Waals surface area contributed by atoms with Crippen molar-refractivity contribution >= 4 is 16.1 Å². The highest BCUT2D eigenvalue weighted by Crippen LogP contribution is 2.15. The summed E-state index contributed by atoms with van der Waals surface area (Å²) in [5, 5.41) is 0. The second kappa shape index (κ2) is 5.67. The van der Waals surface area contributed by atoms with E-state index in [4.69, 9.17) is 8.92 Å². The average molecular weight is 258 g/mol. The van der Waals surface area contributed by atoms with Crippen molar-refractivity contribution in [3.05, 3.63) is 29.8 Å². The van der Waals surface area contributed by atoms with E-state index in [1.165, 1.54) is 12.1 Å². The van der Waals surface area contributed by atoms with E-state index in [9.17, 15) is 13.2 Å².